The van der Waals surface area contributed by atoms with Gasteiger partial charge in [0.05, 0.1) is 0 Å². The van der Waals surface area contributed by atoms with Crippen molar-refractivity contribution in [3.63, 3.8) is 0 Å². The number of amides is 1. The predicted octanol–water partition coefficient (Wildman–Crippen LogP) is 2.14. The molecule has 0 bridgehead atoms. The Bertz CT molecular complexity index is 460. The fourth-order valence-corrected chi connectivity index (χ4v) is 1.65. The Morgan fingerprint density at radius 2 is 1.80 bits per heavy atom. The molecule has 1 aromatic rings. The van der Waals surface area contributed by atoms with E-state index in [-0.39, 0.29) is 6.42 Å². The predicted molar refractivity (Wildman–Crippen MR) is 65.0 cm³/mol. The van der Waals surface area contributed by atoms with Gasteiger partial charge in [-0.2, -0.15) is 13.2 Å². The summed E-state index contributed by atoms with van der Waals surface area (Å²) in [6.07, 6.45) is -4.25. The maximum atomic E-state index is 12.1. The lowest BCUT2D eigenvalue weighted by atomic mass is 10.0. The van der Waals surface area contributed by atoms with E-state index in [4.69, 9.17) is 5.11 Å². The first-order valence-electron chi connectivity index (χ1n) is 5.95. The maximum absolute atomic E-state index is 12.1. The van der Waals surface area contributed by atoms with E-state index < -0.39 is 24.1 Å². The quantitative estimate of drug-likeness (QED) is 0.843. The summed E-state index contributed by atoms with van der Waals surface area (Å²) in [5.41, 5.74) is 0.957. The number of benzene rings is 1. The Balaban J connectivity index is 2.48. The van der Waals surface area contributed by atoms with Crippen LogP contribution >= 0.6 is 0 Å². The lowest BCUT2D eigenvalue weighted by Gasteiger charge is -2.15. The molecular formula is C13H14F3NO3. The average Bonchev–Trinajstić information content (AvgIpc) is 2.37. The van der Waals surface area contributed by atoms with Gasteiger partial charge in [-0.1, -0.05) is 30.3 Å². The van der Waals surface area contributed by atoms with Gasteiger partial charge in [-0.15, -0.1) is 0 Å². The van der Waals surface area contributed by atoms with Gasteiger partial charge in [-0.25, -0.2) is 4.79 Å². The molecule has 0 aliphatic heterocycles. The van der Waals surface area contributed by atoms with Gasteiger partial charge >= 0.3 is 18.1 Å². The van der Waals surface area contributed by atoms with Gasteiger partial charge in [0.2, 0.25) is 0 Å². The average molecular weight is 289 g/mol. The minimum atomic E-state index is -5.08. The van der Waals surface area contributed by atoms with Crippen LogP contribution in [0.3, 0.4) is 0 Å². The van der Waals surface area contributed by atoms with E-state index in [0.717, 1.165) is 5.56 Å². The molecule has 1 rings (SSSR count). The van der Waals surface area contributed by atoms with Gasteiger partial charge in [0, 0.05) is 0 Å². The molecule has 0 aliphatic carbocycles. The fourth-order valence-electron chi connectivity index (χ4n) is 1.65. The van der Waals surface area contributed by atoms with Crippen molar-refractivity contribution in [2.24, 2.45) is 0 Å². The molecule has 4 nitrogen and oxygen atoms in total. The third kappa shape index (κ3) is 5.29. The van der Waals surface area contributed by atoms with E-state index in [9.17, 15) is 22.8 Å². The summed E-state index contributed by atoms with van der Waals surface area (Å²) >= 11 is 0. The highest BCUT2D eigenvalue weighted by atomic mass is 19.4. The van der Waals surface area contributed by atoms with Crippen molar-refractivity contribution in [2.75, 3.05) is 0 Å². The minimum absolute atomic E-state index is 0.0634. The topological polar surface area (TPSA) is 66.4 Å². The lowest BCUT2D eigenvalue weighted by molar-refractivity contribution is -0.175. The molecule has 1 amide bonds. The van der Waals surface area contributed by atoms with Gasteiger partial charge in [-0.05, 0) is 24.8 Å². The molecule has 110 valence electrons. The Morgan fingerprint density at radius 1 is 1.20 bits per heavy atom. The van der Waals surface area contributed by atoms with Crippen LogP contribution in [0.4, 0.5) is 13.2 Å². The van der Waals surface area contributed by atoms with Crippen LogP contribution in [0, 0.1) is 0 Å². The van der Waals surface area contributed by atoms with Crippen molar-refractivity contribution in [3.8, 4) is 0 Å². The molecule has 0 aliphatic rings. The monoisotopic (exact) mass is 289 g/mol. The molecule has 0 saturated carbocycles. The standard InChI is InChI=1S/C13H14F3NO3/c14-13(15,16)12(20)17-10(11(18)19)8-4-7-9-5-2-1-3-6-9/h1-3,5-6,10H,4,7-8H2,(H,17,20)(H,18,19)/t10-/m0/s1. The first-order valence-corrected chi connectivity index (χ1v) is 5.95. The number of aryl methyl sites for hydroxylation is 1. The van der Waals surface area contributed by atoms with E-state index in [1.54, 1.807) is 0 Å². The number of rotatable bonds is 6. The van der Waals surface area contributed by atoms with Gasteiger partial charge in [0.1, 0.15) is 6.04 Å². The second-order valence-corrected chi connectivity index (χ2v) is 4.24. The van der Waals surface area contributed by atoms with Crippen LogP contribution in [-0.4, -0.2) is 29.2 Å². The summed E-state index contributed by atoms with van der Waals surface area (Å²) < 4.78 is 36.2. The zero-order chi connectivity index (χ0) is 15.2. The molecule has 2 N–H and O–H groups in total. The summed E-state index contributed by atoms with van der Waals surface area (Å²) in [4.78, 5) is 21.5. The number of hydrogen-bond acceptors (Lipinski definition) is 2. The molecule has 0 saturated heterocycles. The number of hydrogen-bond donors (Lipinski definition) is 2. The molecule has 7 heteroatoms. The first kappa shape index (κ1) is 16.0. The second kappa shape index (κ2) is 6.93. The van der Waals surface area contributed by atoms with Crippen molar-refractivity contribution in [3.05, 3.63) is 35.9 Å². The van der Waals surface area contributed by atoms with Crippen LogP contribution in [0.25, 0.3) is 0 Å². The highest BCUT2D eigenvalue weighted by Crippen LogP contribution is 2.15. The second-order valence-electron chi connectivity index (χ2n) is 4.24. The van der Waals surface area contributed by atoms with Crippen molar-refractivity contribution in [1.82, 2.24) is 5.32 Å². The number of carboxylic acids is 1. The molecule has 20 heavy (non-hydrogen) atoms. The number of alkyl halides is 3. The smallest absolute Gasteiger partial charge is 0.471 e. The summed E-state index contributed by atoms with van der Waals surface area (Å²) in [5, 5.41) is 10.3. The van der Waals surface area contributed by atoms with Crippen LogP contribution in [-0.2, 0) is 16.0 Å². The van der Waals surface area contributed by atoms with E-state index in [1.807, 2.05) is 30.3 Å². The molecule has 0 spiro atoms. The normalized spacial score (nSPS) is 12.8. The maximum Gasteiger partial charge on any atom is 0.471 e. The van der Waals surface area contributed by atoms with Gasteiger partial charge in [-0.3, -0.25) is 4.79 Å². The van der Waals surface area contributed by atoms with Crippen LogP contribution in [0.2, 0.25) is 0 Å². The van der Waals surface area contributed by atoms with Crippen LogP contribution in [0.15, 0.2) is 30.3 Å². The van der Waals surface area contributed by atoms with E-state index in [1.165, 1.54) is 5.32 Å². The van der Waals surface area contributed by atoms with Crippen LogP contribution < -0.4 is 5.32 Å². The van der Waals surface area contributed by atoms with E-state index in [0.29, 0.717) is 12.8 Å². The molecule has 0 unspecified atom stereocenters. The number of aliphatic carboxylic acids is 1. The number of carbonyl (C=O) groups excluding carboxylic acids is 1. The van der Waals surface area contributed by atoms with Crippen LogP contribution in [0.5, 0.6) is 0 Å². The SMILES string of the molecule is O=C(O)[C@H](CCCc1ccccc1)NC(=O)C(F)(F)F. The van der Waals surface area contributed by atoms with Crippen molar-refractivity contribution in [2.45, 2.75) is 31.5 Å². The Hall–Kier alpha value is -2.05. The largest absolute Gasteiger partial charge is 0.480 e. The minimum Gasteiger partial charge on any atom is -0.480 e. The summed E-state index contributed by atoms with van der Waals surface area (Å²) in [6, 6.07) is 7.60. The Labute approximate surface area is 113 Å². The number of nitrogens with one attached hydrogen (secondary N) is 1. The van der Waals surface area contributed by atoms with Gasteiger partial charge in [0.25, 0.3) is 0 Å². The molecule has 0 fully saturated rings. The lowest BCUT2D eigenvalue weighted by Crippen LogP contribution is -2.46. The van der Waals surface area contributed by atoms with Gasteiger partial charge in [0.15, 0.2) is 0 Å². The van der Waals surface area contributed by atoms with Crippen molar-refractivity contribution in [1.29, 1.82) is 0 Å². The molecular weight excluding hydrogens is 275 g/mol. The van der Waals surface area contributed by atoms with Crippen LogP contribution in [0.1, 0.15) is 18.4 Å². The summed E-state index contributed by atoms with van der Waals surface area (Å²) in [6.45, 7) is 0. The Kier molecular flexibility index (Phi) is 5.54. The summed E-state index contributed by atoms with van der Waals surface area (Å²) in [5.74, 6) is -3.71. The summed E-state index contributed by atoms with van der Waals surface area (Å²) in [7, 11) is 0. The van der Waals surface area contributed by atoms with E-state index in [2.05, 4.69) is 0 Å². The molecule has 0 aromatic heterocycles. The molecule has 1 aromatic carbocycles. The molecule has 0 heterocycles. The van der Waals surface area contributed by atoms with Crippen molar-refractivity contribution >= 4 is 11.9 Å². The highest BCUT2D eigenvalue weighted by Gasteiger charge is 2.40. The fraction of sp³-hybridized carbons (Fsp3) is 0.385. The Morgan fingerprint density at radius 3 is 2.30 bits per heavy atom. The zero-order valence-corrected chi connectivity index (χ0v) is 10.5. The van der Waals surface area contributed by atoms with Crippen molar-refractivity contribution < 1.29 is 27.9 Å². The third-order valence-corrected chi connectivity index (χ3v) is 2.66. The number of halogens is 3. The first-order chi connectivity index (χ1) is 9.30. The van der Waals surface area contributed by atoms with Gasteiger partial charge < -0.3 is 10.4 Å². The zero-order valence-electron chi connectivity index (χ0n) is 10.5. The number of carboxylic acid groups (broad SMARTS) is 1. The molecule has 0 radical (unpaired) electrons. The third-order valence-electron chi connectivity index (χ3n) is 2.66. The number of carbonyl (C=O) groups is 2. The highest BCUT2D eigenvalue weighted by molar-refractivity contribution is 5.86. The molecule has 1 atom stereocenters. The van der Waals surface area contributed by atoms with E-state index >= 15 is 0 Å².